The van der Waals surface area contributed by atoms with Gasteiger partial charge in [-0.2, -0.15) is 0 Å². The van der Waals surface area contributed by atoms with E-state index in [0.29, 0.717) is 0 Å². The molecule has 0 aliphatic heterocycles. The van der Waals surface area contributed by atoms with Gasteiger partial charge < -0.3 is 14.8 Å². The molecule has 1 unspecified atom stereocenters. The van der Waals surface area contributed by atoms with E-state index in [0.717, 1.165) is 17.9 Å². The van der Waals surface area contributed by atoms with Crippen LogP contribution in [0.2, 0.25) is 0 Å². The molecule has 1 aromatic carbocycles. The van der Waals surface area contributed by atoms with Crippen molar-refractivity contribution in [3.8, 4) is 5.75 Å². The average molecular weight is 265 g/mol. The highest BCUT2D eigenvalue weighted by atomic mass is 16.5. The maximum absolute atomic E-state index is 5.92. The molecule has 0 bridgehead atoms. The number of hydrogen-bond donors (Lipinski definition) is 1. The molecular weight excluding hydrogens is 238 g/mol. The zero-order valence-corrected chi connectivity index (χ0v) is 13.0. The second-order valence-electron chi connectivity index (χ2n) is 5.50. The van der Waals surface area contributed by atoms with E-state index >= 15 is 0 Å². The van der Waals surface area contributed by atoms with Crippen molar-refractivity contribution in [3.63, 3.8) is 0 Å². The zero-order valence-electron chi connectivity index (χ0n) is 13.0. The lowest BCUT2D eigenvalue weighted by Gasteiger charge is -2.35. The summed E-state index contributed by atoms with van der Waals surface area (Å²) in [6.45, 7) is 11.2. The van der Waals surface area contributed by atoms with Crippen LogP contribution in [0.15, 0.2) is 24.3 Å². The molecule has 0 aliphatic rings. The third-order valence-corrected chi connectivity index (χ3v) is 3.22. The van der Waals surface area contributed by atoms with Gasteiger partial charge in [0.05, 0.1) is 17.7 Å². The minimum absolute atomic E-state index is 0.0949. The van der Waals surface area contributed by atoms with Gasteiger partial charge in [-0.3, -0.25) is 0 Å². The Labute approximate surface area is 117 Å². The number of benzene rings is 1. The van der Waals surface area contributed by atoms with Gasteiger partial charge in [0.1, 0.15) is 5.75 Å². The molecule has 0 spiro atoms. The minimum Gasteiger partial charge on any atom is -0.491 e. The summed E-state index contributed by atoms with van der Waals surface area (Å²) in [5.74, 6) is 0.925. The summed E-state index contributed by atoms with van der Waals surface area (Å²) in [6.07, 6.45) is 0.161. The molecule has 0 saturated heterocycles. The summed E-state index contributed by atoms with van der Waals surface area (Å²) in [5, 5.41) is 3.50. The van der Waals surface area contributed by atoms with Crippen LogP contribution in [-0.4, -0.2) is 25.4 Å². The second kappa shape index (κ2) is 6.92. The highest BCUT2D eigenvalue weighted by molar-refractivity contribution is 5.37. The summed E-state index contributed by atoms with van der Waals surface area (Å²) in [4.78, 5) is 0. The van der Waals surface area contributed by atoms with Crippen LogP contribution in [0.4, 0.5) is 0 Å². The minimum atomic E-state index is -0.299. The Bertz CT molecular complexity index is 388. The van der Waals surface area contributed by atoms with Crippen LogP contribution in [0.1, 0.15) is 46.2 Å². The number of methoxy groups -OCH3 is 1. The first-order valence-electron chi connectivity index (χ1n) is 6.96. The first kappa shape index (κ1) is 16.0. The van der Waals surface area contributed by atoms with Crippen molar-refractivity contribution in [1.82, 2.24) is 5.32 Å². The Morgan fingerprint density at radius 1 is 1.21 bits per heavy atom. The van der Waals surface area contributed by atoms with Crippen LogP contribution in [-0.2, 0) is 4.74 Å². The Balaban J connectivity index is 3.15. The summed E-state index contributed by atoms with van der Waals surface area (Å²) >= 11 is 0. The Hall–Kier alpha value is -1.06. The molecule has 0 radical (unpaired) electrons. The van der Waals surface area contributed by atoms with Crippen LogP contribution in [0.25, 0.3) is 0 Å². The predicted molar refractivity (Wildman–Crippen MR) is 79.7 cm³/mol. The summed E-state index contributed by atoms with van der Waals surface area (Å²) in [5.41, 5.74) is 0.844. The molecule has 0 saturated carbocycles. The molecule has 1 rings (SSSR count). The van der Waals surface area contributed by atoms with Crippen LogP contribution >= 0.6 is 0 Å². The van der Waals surface area contributed by atoms with Crippen molar-refractivity contribution in [1.29, 1.82) is 0 Å². The van der Waals surface area contributed by atoms with Crippen LogP contribution < -0.4 is 10.1 Å². The lowest BCUT2D eigenvalue weighted by molar-refractivity contribution is -0.0116. The number of likely N-dealkylation sites (N-methyl/N-ethyl adjacent to an activating group) is 1. The molecule has 0 aliphatic carbocycles. The first-order valence-corrected chi connectivity index (χ1v) is 6.96. The van der Waals surface area contributed by atoms with Crippen molar-refractivity contribution in [2.24, 2.45) is 0 Å². The van der Waals surface area contributed by atoms with Crippen molar-refractivity contribution < 1.29 is 9.47 Å². The van der Waals surface area contributed by atoms with Crippen molar-refractivity contribution >= 4 is 0 Å². The number of ether oxygens (including phenoxy) is 2. The van der Waals surface area contributed by atoms with E-state index in [1.54, 1.807) is 7.11 Å². The van der Waals surface area contributed by atoms with E-state index in [2.05, 4.69) is 32.2 Å². The SMILES string of the molecule is CCNC(c1ccccc1OC(C)C)C(C)(C)OC. The molecule has 1 N–H and O–H groups in total. The highest BCUT2D eigenvalue weighted by Gasteiger charge is 2.32. The molecule has 0 heterocycles. The van der Waals surface area contributed by atoms with E-state index in [1.165, 1.54) is 0 Å². The fraction of sp³-hybridized carbons (Fsp3) is 0.625. The number of para-hydroxylation sites is 1. The van der Waals surface area contributed by atoms with Crippen LogP contribution in [0, 0.1) is 0 Å². The van der Waals surface area contributed by atoms with Gasteiger partial charge in [-0.1, -0.05) is 25.1 Å². The smallest absolute Gasteiger partial charge is 0.124 e. The second-order valence-corrected chi connectivity index (χ2v) is 5.50. The van der Waals surface area contributed by atoms with Gasteiger partial charge in [-0.05, 0) is 40.3 Å². The van der Waals surface area contributed by atoms with Gasteiger partial charge in [0.15, 0.2) is 0 Å². The Kier molecular flexibility index (Phi) is 5.83. The van der Waals surface area contributed by atoms with Crippen molar-refractivity contribution in [2.75, 3.05) is 13.7 Å². The fourth-order valence-corrected chi connectivity index (χ4v) is 2.13. The molecule has 1 aromatic rings. The molecule has 3 nitrogen and oxygen atoms in total. The molecular formula is C16H27NO2. The highest BCUT2D eigenvalue weighted by Crippen LogP contribution is 2.34. The average Bonchev–Trinajstić information content (AvgIpc) is 2.36. The first-order chi connectivity index (χ1) is 8.92. The monoisotopic (exact) mass is 265 g/mol. The Morgan fingerprint density at radius 2 is 1.84 bits per heavy atom. The lowest BCUT2D eigenvalue weighted by Crippen LogP contribution is -2.41. The third kappa shape index (κ3) is 4.22. The van der Waals surface area contributed by atoms with Gasteiger partial charge in [0.25, 0.3) is 0 Å². The van der Waals surface area contributed by atoms with Crippen LogP contribution in [0.5, 0.6) is 5.75 Å². The van der Waals surface area contributed by atoms with Crippen molar-refractivity contribution in [2.45, 2.75) is 52.4 Å². The van der Waals surface area contributed by atoms with Gasteiger partial charge in [0.2, 0.25) is 0 Å². The van der Waals surface area contributed by atoms with E-state index < -0.39 is 0 Å². The zero-order chi connectivity index (χ0) is 14.5. The van der Waals surface area contributed by atoms with Crippen LogP contribution in [0.3, 0.4) is 0 Å². The predicted octanol–water partition coefficient (Wildman–Crippen LogP) is 3.55. The largest absolute Gasteiger partial charge is 0.491 e. The molecule has 0 aromatic heterocycles. The molecule has 3 heteroatoms. The third-order valence-electron chi connectivity index (χ3n) is 3.22. The van der Waals surface area contributed by atoms with E-state index in [1.807, 2.05) is 32.0 Å². The standard InChI is InChI=1S/C16H27NO2/c1-7-17-15(16(4,5)18-6)13-10-8-9-11-14(13)19-12(2)3/h8-12,15,17H,7H2,1-6H3. The number of hydrogen-bond acceptors (Lipinski definition) is 3. The molecule has 1 atom stereocenters. The molecule has 0 fully saturated rings. The van der Waals surface area contributed by atoms with Gasteiger partial charge >= 0.3 is 0 Å². The summed E-state index contributed by atoms with van der Waals surface area (Å²) < 4.78 is 11.6. The lowest BCUT2D eigenvalue weighted by atomic mass is 9.91. The normalized spacial score (nSPS) is 13.6. The number of rotatable bonds is 7. The quantitative estimate of drug-likeness (QED) is 0.818. The maximum Gasteiger partial charge on any atom is 0.124 e. The topological polar surface area (TPSA) is 30.5 Å². The van der Waals surface area contributed by atoms with E-state index in [9.17, 15) is 0 Å². The molecule has 19 heavy (non-hydrogen) atoms. The molecule has 0 amide bonds. The summed E-state index contributed by atoms with van der Waals surface area (Å²) in [7, 11) is 1.75. The van der Waals surface area contributed by atoms with E-state index in [-0.39, 0.29) is 17.7 Å². The van der Waals surface area contributed by atoms with Gasteiger partial charge in [-0.25, -0.2) is 0 Å². The van der Waals surface area contributed by atoms with Gasteiger partial charge in [-0.15, -0.1) is 0 Å². The van der Waals surface area contributed by atoms with Crippen molar-refractivity contribution in [3.05, 3.63) is 29.8 Å². The summed E-state index contributed by atoms with van der Waals surface area (Å²) in [6, 6.07) is 8.26. The maximum atomic E-state index is 5.92. The molecule has 108 valence electrons. The Morgan fingerprint density at radius 3 is 2.37 bits per heavy atom. The van der Waals surface area contributed by atoms with Gasteiger partial charge in [0, 0.05) is 12.7 Å². The van der Waals surface area contributed by atoms with E-state index in [4.69, 9.17) is 9.47 Å². The fourth-order valence-electron chi connectivity index (χ4n) is 2.13. The number of nitrogens with one attached hydrogen (secondary N) is 1.